The summed E-state index contributed by atoms with van der Waals surface area (Å²) in [7, 11) is 4.14. The summed E-state index contributed by atoms with van der Waals surface area (Å²) < 4.78 is 0. The van der Waals surface area contributed by atoms with Gasteiger partial charge in [0, 0.05) is 12.6 Å². The molecule has 0 radical (unpaired) electrons. The van der Waals surface area contributed by atoms with Crippen molar-refractivity contribution in [3.63, 3.8) is 0 Å². The van der Waals surface area contributed by atoms with Crippen molar-refractivity contribution < 1.29 is 4.79 Å². The predicted octanol–water partition coefficient (Wildman–Crippen LogP) is 1.22. The number of carbonyl (C=O) groups is 1. The summed E-state index contributed by atoms with van der Waals surface area (Å²) in [5.41, 5.74) is -0.312. The number of likely N-dealkylation sites (N-methyl/N-ethyl adjacent to an activating group) is 1. The Hall–Kier alpha value is -0.610. The van der Waals surface area contributed by atoms with Crippen LogP contribution in [-0.4, -0.2) is 49.6 Å². The molecule has 1 aliphatic heterocycles. The Morgan fingerprint density at radius 1 is 1.44 bits per heavy atom. The van der Waals surface area contributed by atoms with E-state index >= 15 is 0 Å². The third-order valence-electron chi connectivity index (χ3n) is 4.19. The Kier molecular flexibility index (Phi) is 5.60. The Bertz CT molecular complexity index is 262. The van der Waals surface area contributed by atoms with Crippen molar-refractivity contribution in [3.05, 3.63) is 0 Å². The molecule has 2 atom stereocenters. The first-order chi connectivity index (χ1) is 8.43. The van der Waals surface area contributed by atoms with Gasteiger partial charge in [0.2, 0.25) is 5.91 Å². The molecule has 1 fully saturated rings. The molecule has 1 heterocycles. The van der Waals surface area contributed by atoms with Gasteiger partial charge in [-0.05, 0) is 45.8 Å². The van der Waals surface area contributed by atoms with Crippen LogP contribution in [-0.2, 0) is 4.79 Å². The molecular formula is C14H29N3O. The summed E-state index contributed by atoms with van der Waals surface area (Å²) in [5.74, 6) is 0.712. The van der Waals surface area contributed by atoms with Crippen molar-refractivity contribution in [1.82, 2.24) is 15.5 Å². The van der Waals surface area contributed by atoms with E-state index in [1.165, 1.54) is 0 Å². The van der Waals surface area contributed by atoms with Crippen LogP contribution >= 0.6 is 0 Å². The predicted molar refractivity (Wildman–Crippen MR) is 75.6 cm³/mol. The number of carbonyl (C=O) groups excluding carboxylic acids is 1. The molecule has 0 spiro atoms. The second-order valence-corrected chi connectivity index (χ2v) is 5.95. The van der Waals surface area contributed by atoms with E-state index in [2.05, 4.69) is 50.4 Å². The summed E-state index contributed by atoms with van der Waals surface area (Å²) in [6.45, 7) is 8.17. The Morgan fingerprint density at radius 3 is 2.50 bits per heavy atom. The van der Waals surface area contributed by atoms with Gasteiger partial charge in [0.05, 0.1) is 5.54 Å². The van der Waals surface area contributed by atoms with Gasteiger partial charge < -0.3 is 15.5 Å². The molecular weight excluding hydrogens is 226 g/mol. The van der Waals surface area contributed by atoms with Gasteiger partial charge in [0.1, 0.15) is 0 Å². The minimum Gasteiger partial charge on any atom is -0.353 e. The summed E-state index contributed by atoms with van der Waals surface area (Å²) in [5, 5.41) is 6.51. The number of amides is 1. The number of hydrogen-bond donors (Lipinski definition) is 2. The topological polar surface area (TPSA) is 44.4 Å². The van der Waals surface area contributed by atoms with Crippen molar-refractivity contribution in [3.8, 4) is 0 Å². The molecule has 0 saturated carbocycles. The monoisotopic (exact) mass is 255 g/mol. The Morgan fingerprint density at radius 2 is 2.11 bits per heavy atom. The van der Waals surface area contributed by atoms with E-state index in [0.29, 0.717) is 12.0 Å². The van der Waals surface area contributed by atoms with E-state index in [-0.39, 0.29) is 11.4 Å². The number of nitrogens with zero attached hydrogens (tertiary/aromatic N) is 1. The van der Waals surface area contributed by atoms with Gasteiger partial charge in [-0.2, -0.15) is 0 Å². The highest BCUT2D eigenvalue weighted by Gasteiger charge is 2.39. The number of nitrogens with one attached hydrogen (secondary N) is 2. The fraction of sp³-hybridized carbons (Fsp3) is 0.929. The van der Waals surface area contributed by atoms with Crippen LogP contribution in [0.3, 0.4) is 0 Å². The summed E-state index contributed by atoms with van der Waals surface area (Å²) in [4.78, 5) is 14.5. The minimum atomic E-state index is -0.312. The zero-order chi connectivity index (χ0) is 13.8. The van der Waals surface area contributed by atoms with Gasteiger partial charge in [-0.15, -0.1) is 0 Å². The molecule has 0 bridgehead atoms. The summed E-state index contributed by atoms with van der Waals surface area (Å²) in [6.07, 6.45) is 2.93. The molecule has 106 valence electrons. The van der Waals surface area contributed by atoms with Gasteiger partial charge in [0.25, 0.3) is 0 Å². The minimum absolute atomic E-state index is 0.176. The van der Waals surface area contributed by atoms with Crippen molar-refractivity contribution >= 4 is 5.91 Å². The maximum atomic E-state index is 12.4. The van der Waals surface area contributed by atoms with Crippen LogP contribution in [0.4, 0.5) is 0 Å². The van der Waals surface area contributed by atoms with Gasteiger partial charge in [-0.25, -0.2) is 0 Å². The van der Waals surface area contributed by atoms with Crippen molar-refractivity contribution in [1.29, 1.82) is 0 Å². The Labute approximate surface area is 111 Å². The van der Waals surface area contributed by atoms with Crippen LogP contribution in [0, 0.1) is 5.92 Å². The molecule has 0 aromatic rings. The van der Waals surface area contributed by atoms with E-state index in [1.807, 2.05) is 0 Å². The quantitative estimate of drug-likeness (QED) is 0.750. The molecule has 2 unspecified atom stereocenters. The largest absolute Gasteiger partial charge is 0.353 e. The van der Waals surface area contributed by atoms with E-state index in [1.54, 1.807) is 0 Å². The normalized spacial score (nSPS) is 25.7. The molecule has 1 saturated heterocycles. The first-order valence-electron chi connectivity index (χ1n) is 7.12. The highest BCUT2D eigenvalue weighted by atomic mass is 16.2. The third-order valence-corrected chi connectivity index (χ3v) is 4.19. The van der Waals surface area contributed by atoms with Crippen LogP contribution < -0.4 is 10.6 Å². The van der Waals surface area contributed by atoms with Gasteiger partial charge in [-0.3, -0.25) is 4.79 Å². The van der Waals surface area contributed by atoms with E-state index < -0.39 is 0 Å². The zero-order valence-electron chi connectivity index (χ0n) is 12.5. The third kappa shape index (κ3) is 3.45. The smallest absolute Gasteiger partial charge is 0.240 e. The lowest BCUT2D eigenvalue weighted by Gasteiger charge is -2.31. The van der Waals surface area contributed by atoms with E-state index in [9.17, 15) is 4.79 Å². The average molecular weight is 255 g/mol. The maximum Gasteiger partial charge on any atom is 0.240 e. The first-order valence-corrected chi connectivity index (χ1v) is 7.12. The van der Waals surface area contributed by atoms with Crippen LogP contribution in [0.5, 0.6) is 0 Å². The first kappa shape index (κ1) is 15.4. The molecule has 4 nitrogen and oxygen atoms in total. The van der Waals surface area contributed by atoms with Crippen LogP contribution in [0.25, 0.3) is 0 Å². The molecule has 18 heavy (non-hydrogen) atoms. The Balaban J connectivity index is 2.54. The molecule has 4 heteroatoms. The molecule has 1 amide bonds. The van der Waals surface area contributed by atoms with Gasteiger partial charge in [-0.1, -0.05) is 20.8 Å². The summed E-state index contributed by atoms with van der Waals surface area (Å²) in [6, 6.07) is 0.393. The maximum absolute atomic E-state index is 12.4. The lowest BCUT2D eigenvalue weighted by atomic mass is 9.92. The standard InChI is InChI=1S/C14H29N3O/c1-6-14(8-7-9-16-14)13(18)15-10-12(11(2)3)17(4)5/h11-12,16H,6-10H2,1-5H3,(H,15,18). The van der Waals surface area contributed by atoms with Crippen molar-refractivity contribution in [2.75, 3.05) is 27.2 Å². The highest BCUT2D eigenvalue weighted by molar-refractivity contribution is 5.86. The fourth-order valence-corrected chi connectivity index (χ4v) is 2.84. The average Bonchev–Trinajstić information content (AvgIpc) is 2.77. The van der Waals surface area contributed by atoms with E-state index in [0.717, 1.165) is 32.4 Å². The highest BCUT2D eigenvalue weighted by Crippen LogP contribution is 2.23. The van der Waals surface area contributed by atoms with Crippen LogP contribution in [0.15, 0.2) is 0 Å². The SMILES string of the molecule is CCC1(C(=O)NCC(C(C)C)N(C)C)CCCN1. The molecule has 0 aliphatic carbocycles. The number of hydrogen-bond acceptors (Lipinski definition) is 3. The zero-order valence-corrected chi connectivity index (χ0v) is 12.5. The van der Waals surface area contributed by atoms with E-state index in [4.69, 9.17) is 0 Å². The molecule has 1 rings (SSSR count). The molecule has 0 aromatic carbocycles. The second-order valence-electron chi connectivity index (χ2n) is 5.95. The molecule has 2 N–H and O–H groups in total. The lowest BCUT2D eigenvalue weighted by molar-refractivity contribution is -0.127. The lowest BCUT2D eigenvalue weighted by Crippen LogP contribution is -2.55. The second kappa shape index (κ2) is 6.53. The number of rotatable bonds is 6. The summed E-state index contributed by atoms with van der Waals surface area (Å²) >= 11 is 0. The van der Waals surface area contributed by atoms with Crippen molar-refractivity contribution in [2.24, 2.45) is 5.92 Å². The van der Waals surface area contributed by atoms with Crippen molar-refractivity contribution in [2.45, 2.75) is 51.6 Å². The van der Waals surface area contributed by atoms with Crippen LogP contribution in [0.2, 0.25) is 0 Å². The van der Waals surface area contributed by atoms with Gasteiger partial charge >= 0.3 is 0 Å². The molecule has 0 aromatic heterocycles. The van der Waals surface area contributed by atoms with Gasteiger partial charge in [0.15, 0.2) is 0 Å². The fourth-order valence-electron chi connectivity index (χ4n) is 2.84. The van der Waals surface area contributed by atoms with Crippen LogP contribution in [0.1, 0.15) is 40.0 Å². The molecule has 1 aliphatic rings.